The first-order valence-corrected chi connectivity index (χ1v) is 4.86. The van der Waals surface area contributed by atoms with Gasteiger partial charge in [-0.05, 0) is 23.8 Å². The Hall–Kier alpha value is -1.58. The summed E-state index contributed by atoms with van der Waals surface area (Å²) in [5.41, 5.74) is 0.533. The van der Waals surface area contributed by atoms with E-state index in [2.05, 4.69) is 5.32 Å². The van der Waals surface area contributed by atoms with Crippen LogP contribution in [0.25, 0.3) is 0 Å². The van der Waals surface area contributed by atoms with Gasteiger partial charge in [0.2, 0.25) is 0 Å². The molecule has 0 bridgehead atoms. The van der Waals surface area contributed by atoms with Crippen LogP contribution in [0.3, 0.4) is 0 Å². The second kappa shape index (κ2) is 5.66. The average molecular weight is 244 g/mol. The van der Waals surface area contributed by atoms with Gasteiger partial charge in [0.05, 0.1) is 18.2 Å². The molecule has 0 fully saturated rings. The number of halogens is 3. The van der Waals surface area contributed by atoms with E-state index in [0.717, 1.165) is 12.1 Å². The number of rotatable bonds is 5. The summed E-state index contributed by atoms with van der Waals surface area (Å²) in [4.78, 5) is 0. The highest BCUT2D eigenvalue weighted by molar-refractivity contribution is 5.33. The Morgan fingerprint density at radius 3 is 2.65 bits per heavy atom. The summed E-state index contributed by atoms with van der Waals surface area (Å²) < 4.78 is 38.3. The molecule has 6 heteroatoms. The van der Waals surface area contributed by atoms with Gasteiger partial charge in [0.25, 0.3) is 5.92 Å². The minimum Gasteiger partial charge on any atom is -0.390 e. The normalized spacial score (nSPS) is 11.2. The molecule has 1 rings (SSSR count). The maximum absolute atomic E-state index is 13.0. The van der Waals surface area contributed by atoms with Crippen LogP contribution in [-0.2, 0) is 6.54 Å². The number of aliphatic hydroxyl groups excluding tert-OH is 1. The molecule has 0 aliphatic heterocycles. The SMILES string of the molecule is N#Cc1cc(F)cc(CNCC(F)(F)CO)c1. The predicted molar refractivity (Wildman–Crippen MR) is 54.9 cm³/mol. The lowest BCUT2D eigenvalue weighted by Crippen LogP contribution is -2.35. The largest absolute Gasteiger partial charge is 0.390 e. The van der Waals surface area contributed by atoms with E-state index in [0.29, 0.717) is 5.56 Å². The number of benzene rings is 1. The molecule has 17 heavy (non-hydrogen) atoms. The Morgan fingerprint density at radius 1 is 1.35 bits per heavy atom. The van der Waals surface area contributed by atoms with Crippen LogP contribution in [0.15, 0.2) is 18.2 Å². The van der Waals surface area contributed by atoms with Crippen molar-refractivity contribution in [2.24, 2.45) is 0 Å². The van der Waals surface area contributed by atoms with Gasteiger partial charge in [-0.2, -0.15) is 5.26 Å². The summed E-state index contributed by atoms with van der Waals surface area (Å²) in [6, 6.07) is 5.40. The lowest BCUT2D eigenvalue weighted by molar-refractivity contribution is -0.0477. The molecule has 2 N–H and O–H groups in total. The molecular formula is C11H11F3N2O. The number of nitrogens with zero attached hydrogens (tertiary/aromatic N) is 1. The van der Waals surface area contributed by atoms with Crippen LogP contribution in [0.4, 0.5) is 13.2 Å². The van der Waals surface area contributed by atoms with Crippen molar-refractivity contribution in [3.8, 4) is 6.07 Å². The second-order valence-corrected chi connectivity index (χ2v) is 3.58. The Bertz CT molecular complexity index is 429. The molecule has 0 heterocycles. The quantitative estimate of drug-likeness (QED) is 0.823. The van der Waals surface area contributed by atoms with E-state index in [1.54, 1.807) is 6.07 Å². The van der Waals surface area contributed by atoms with Crippen molar-refractivity contribution in [3.63, 3.8) is 0 Å². The summed E-state index contributed by atoms with van der Waals surface area (Å²) in [7, 11) is 0. The Morgan fingerprint density at radius 2 is 2.06 bits per heavy atom. The van der Waals surface area contributed by atoms with Crippen LogP contribution in [-0.4, -0.2) is 24.2 Å². The first-order valence-electron chi connectivity index (χ1n) is 4.86. The van der Waals surface area contributed by atoms with Crippen LogP contribution in [0.5, 0.6) is 0 Å². The highest BCUT2D eigenvalue weighted by Gasteiger charge is 2.26. The monoisotopic (exact) mass is 244 g/mol. The van der Waals surface area contributed by atoms with Crippen molar-refractivity contribution < 1.29 is 18.3 Å². The molecule has 0 aliphatic carbocycles. The van der Waals surface area contributed by atoms with Crippen molar-refractivity contribution in [1.82, 2.24) is 5.32 Å². The lowest BCUT2D eigenvalue weighted by Gasteiger charge is -2.13. The molecule has 0 amide bonds. The number of alkyl halides is 2. The van der Waals surface area contributed by atoms with Crippen molar-refractivity contribution in [3.05, 3.63) is 35.1 Å². The van der Waals surface area contributed by atoms with Gasteiger partial charge in [0, 0.05) is 6.54 Å². The zero-order valence-electron chi connectivity index (χ0n) is 8.88. The van der Waals surface area contributed by atoms with Gasteiger partial charge in [-0.25, -0.2) is 13.2 Å². The molecule has 0 saturated heterocycles. The number of nitrogens with one attached hydrogen (secondary N) is 1. The van der Waals surface area contributed by atoms with Crippen LogP contribution in [0, 0.1) is 17.1 Å². The molecule has 0 atom stereocenters. The summed E-state index contributed by atoms with van der Waals surface area (Å²) >= 11 is 0. The minimum atomic E-state index is -3.20. The van der Waals surface area contributed by atoms with Crippen LogP contribution in [0.2, 0.25) is 0 Å². The summed E-state index contributed by atoms with van der Waals surface area (Å²) in [5, 5.41) is 19.3. The third-order valence-corrected chi connectivity index (χ3v) is 2.03. The molecule has 3 nitrogen and oxygen atoms in total. The Labute approximate surface area is 96.5 Å². The van der Waals surface area contributed by atoms with E-state index in [-0.39, 0.29) is 12.1 Å². The molecular weight excluding hydrogens is 233 g/mol. The molecule has 1 aromatic rings. The van der Waals surface area contributed by atoms with E-state index in [1.165, 1.54) is 6.07 Å². The van der Waals surface area contributed by atoms with Crippen LogP contribution >= 0.6 is 0 Å². The molecule has 0 saturated carbocycles. The fourth-order valence-electron chi connectivity index (χ4n) is 1.26. The van der Waals surface area contributed by atoms with Crippen molar-refractivity contribution in [2.75, 3.05) is 13.2 Å². The number of nitriles is 1. The molecule has 0 aromatic heterocycles. The molecule has 0 unspecified atom stereocenters. The van der Waals surface area contributed by atoms with Gasteiger partial charge >= 0.3 is 0 Å². The van der Waals surface area contributed by atoms with Gasteiger partial charge in [-0.3, -0.25) is 0 Å². The van der Waals surface area contributed by atoms with E-state index in [1.807, 2.05) is 0 Å². The van der Waals surface area contributed by atoms with Gasteiger partial charge in [0.15, 0.2) is 0 Å². The fourth-order valence-corrected chi connectivity index (χ4v) is 1.26. The Balaban J connectivity index is 2.58. The maximum Gasteiger partial charge on any atom is 0.282 e. The van der Waals surface area contributed by atoms with Gasteiger partial charge in [-0.1, -0.05) is 0 Å². The van der Waals surface area contributed by atoms with E-state index in [4.69, 9.17) is 10.4 Å². The summed E-state index contributed by atoms with van der Waals surface area (Å²) in [5.74, 6) is -3.79. The first kappa shape index (κ1) is 13.5. The van der Waals surface area contributed by atoms with E-state index in [9.17, 15) is 13.2 Å². The van der Waals surface area contributed by atoms with Crippen LogP contribution < -0.4 is 5.32 Å². The molecule has 0 spiro atoms. The van der Waals surface area contributed by atoms with E-state index >= 15 is 0 Å². The first-order chi connectivity index (χ1) is 7.96. The van der Waals surface area contributed by atoms with Gasteiger partial charge in [0.1, 0.15) is 12.4 Å². The number of hydrogen-bond donors (Lipinski definition) is 2. The smallest absolute Gasteiger partial charge is 0.282 e. The maximum atomic E-state index is 13.0. The highest BCUT2D eigenvalue weighted by Crippen LogP contribution is 2.11. The van der Waals surface area contributed by atoms with Gasteiger partial charge in [-0.15, -0.1) is 0 Å². The molecule has 0 aliphatic rings. The summed E-state index contributed by atoms with van der Waals surface area (Å²) in [6.45, 7) is -1.95. The van der Waals surface area contributed by atoms with E-state index < -0.39 is 24.9 Å². The zero-order chi connectivity index (χ0) is 12.9. The molecule has 92 valence electrons. The van der Waals surface area contributed by atoms with Crippen molar-refractivity contribution in [2.45, 2.75) is 12.5 Å². The lowest BCUT2D eigenvalue weighted by atomic mass is 10.1. The minimum absolute atomic E-state index is 0.00201. The van der Waals surface area contributed by atoms with Crippen molar-refractivity contribution >= 4 is 0 Å². The standard InChI is InChI=1S/C11H11F3N2O/c12-10-2-8(4-15)1-9(3-10)5-16-6-11(13,14)7-17/h1-3,16-17H,5-7H2. The fraction of sp³-hybridized carbons (Fsp3) is 0.364. The Kier molecular flexibility index (Phi) is 4.49. The van der Waals surface area contributed by atoms with Gasteiger partial charge < -0.3 is 10.4 Å². The zero-order valence-corrected chi connectivity index (χ0v) is 8.88. The number of hydrogen-bond acceptors (Lipinski definition) is 3. The second-order valence-electron chi connectivity index (χ2n) is 3.58. The third kappa shape index (κ3) is 4.43. The highest BCUT2D eigenvalue weighted by atomic mass is 19.3. The van der Waals surface area contributed by atoms with Crippen molar-refractivity contribution in [1.29, 1.82) is 5.26 Å². The molecule has 0 radical (unpaired) electrons. The predicted octanol–water partition coefficient (Wildman–Crippen LogP) is 1.41. The van der Waals surface area contributed by atoms with Crippen LogP contribution in [0.1, 0.15) is 11.1 Å². The third-order valence-electron chi connectivity index (χ3n) is 2.03. The topological polar surface area (TPSA) is 56.0 Å². The average Bonchev–Trinajstić information content (AvgIpc) is 2.28. The number of aliphatic hydroxyl groups is 1. The summed E-state index contributed by atoms with van der Waals surface area (Å²) in [6.07, 6.45) is 0. The molecule has 1 aromatic carbocycles.